The van der Waals surface area contributed by atoms with Crippen LogP contribution in [-0.2, 0) is 31.8 Å². The Morgan fingerprint density at radius 1 is 0.907 bits per heavy atom. The predicted octanol–water partition coefficient (Wildman–Crippen LogP) is 5.71. The average molecular weight is 604 g/mol. The van der Waals surface area contributed by atoms with Crippen molar-refractivity contribution < 1.29 is 51.2 Å². The van der Waals surface area contributed by atoms with Crippen molar-refractivity contribution in [3.63, 3.8) is 0 Å². The Balaban J connectivity index is 1.97. The number of carbonyl (C=O) groups is 2. The number of para-hydroxylation sites is 1. The monoisotopic (exact) mass is 603 g/mol. The fourth-order valence-electron chi connectivity index (χ4n) is 4.96. The van der Waals surface area contributed by atoms with Crippen molar-refractivity contribution in [2.75, 3.05) is 39.9 Å². The van der Waals surface area contributed by atoms with Gasteiger partial charge in [-0.1, -0.05) is 12.1 Å². The molecule has 2 atom stereocenters. The van der Waals surface area contributed by atoms with Gasteiger partial charge in [0.2, 0.25) is 0 Å². The number of methoxy groups -OCH3 is 4. The summed E-state index contributed by atoms with van der Waals surface area (Å²) in [4.78, 5) is 28.1. The Morgan fingerprint density at radius 2 is 1.65 bits per heavy atom. The zero-order valence-corrected chi connectivity index (χ0v) is 24.3. The van der Waals surface area contributed by atoms with Crippen molar-refractivity contribution >= 4 is 17.6 Å². The summed E-state index contributed by atoms with van der Waals surface area (Å²) in [5.74, 6) is 0.0308. The van der Waals surface area contributed by atoms with E-state index in [4.69, 9.17) is 28.4 Å². The van der Waals surface area contributed by atoms with Gasteiger partial charge in [-0.25, -0.2) is 0 Å². The average Bonchev–Trinajstić information content (AvgIpc) is 3.10. The van der Waals surface area contributed by atoms with Gasteiger partial charge in [0, 0.05) is 22.8 Å². The summed E-state index contributed by atoms with van der Waals surface area (Å²) in [6.07, 6.45) is -7.87. The van der Waals surface area contributed by atoms with E-state index in [2.05, 4.69) is 0 Å². The molecule has 4 rings (SSSR count). The third-order valence-electron chi connectivity index (χ3n) is 6.97. The largest absolute Gasteiger partial charge is 0.497 e. The number of nitrogens with zero attached hydrogens (tertiary/aromatic N) is 1. The number of benzene rings is 3. The van der Waals surface area contributed by atoms with Crippen LogP contribution < -0.4 is 23.8 Å². The highest BCUT2D eigenvalue weighted by molar-refractivity contribution is 6.00. The summed E-state index contributed by atoms with van der Waals surface area (Å²) in [7, 11) is 5.74. The first-order valence-electron chi connectivity index (χ1n) is 13.3. The van der Waals surface area contributed by atoms with Crippen LogP contribution in [0.4, 0.5) is 18.9 Å². The van der Waals surface area contributed by atoms with Gasteiger partial charge in [0.15, 0.2) is 11.5 Å². The van der Waals surface area contributed by atoms with E-state index in [9.17, 15) is 22.8 Å². The Hall–Kier alpha value is -4.45. The van der Waals surface area contributed by atoms with Crippen molar-refractivity contribution in [2.24, 2.45) is 0 Å². The molecule has 2 unspecified atom stereocenters. The minimum Gasteiger partial charge on any atom is -0.497 e. The van der Waals surface area contributed by atoms with Crippen LogP contribution in [0.1, 0.15) is 41.7 Å². The van der Waals surface area contributed by atoms with Gasteiger partial charge in [-0.2, -0.15) is 13.2 Å². The summed E-state index contributed by atoms with van der Waals surface area (Å²) < 4.78 is 75.2. The Labute approximate surface area is 247 Å². The van der Waals surface area contributed by atoms with E-state index in [1.807, 2.05) is 0 Å². The van der Waals surface area contributed by atoms with Gasteiger partial charge in [-0.15, -0.1) is 0 Å². The lowest BCUT2D eigenvalue weighted by Crippen LogP contribution is -2.40. The van der Waals surface area contributed by atoms with Gasteiger partial charge >= 0.3 is 12.1 Å². The molecule has 0 bridgehead atoms. The van der Waals surface area contributed by atoms with Crippen molar-refractivity contribution in [3.8, 4) is 23.0 Å². The van der Waals surface area contributed by atoms with E-state index in [1.165, 1.54) is 39.4 Å². The molecular weight excluding hydrogens is 571 g/mol. The van der Waals surface area contributed by atoms with Gasteiger partial charge in [0.05, 0.1) is 59.3 Å². The molecule has 1 aliphatic heterocycles. The quantitative estimate of drug-likeness (QED) is 0.272. The summed E-state index contributed by atoms with van der Waals surface area (Å²) in [5.41, 5.74) is 0.0772. The van der Waals surface area contributed by atoms with Crippen LogP contribution in [-0.4, -0.2) is 53.0 Å². The molecule has 0 N–H and O–H groups in total. The molecule has 0 aromatic heterocycles. The number of esters is 1. The number of ether oxygens (including phenoxy) is 6. The zero-order chi connectivity index (χ0) is 31.3. The summed E-state index contributed by atoms with van der Waals surface area (Å²) in [6, 6.07) is 12.9. The fourth-order valence-corrected chi connectivity index (χ4v) is 4.96. The topological polar surface area (TPSA) is 92.8 Å². The lowest BCUT2D eigenvalue weighted by atomic mass is 9.95. The molecule has 12 heteroatoms. The Bertz CT molecular complexity index is 1480. The molecule has 1 heterocycles. The van der Waals surface area contributed by atoms with Crippen LogP contribution >= 0.6 is 0 Å². The molecule has 0 spiro atoms. The van der Waals surface area contributed by atoms with Gasteiger partial charge in [-0.05, 0) is 43.3 Å². The van der Waals surface area contributed by atoms with Crippen LogP contribution in [0.5, 0.6) is 23.0 Å². The number of hydrogen-bond acceptors (Lipinski definition) is 8. The second-order valence-corrected chi connectivity index (χ2v) is 9.47. The summed E-state index contributed by atoms with van der Waals surface area (Å²) in [6.45, 7) is 1.57. The Kier molecular flexibility index (Phi) is 9.70. The van der Waals surface area contributed by atoms with E-state index >= 15 is 0 Å². The molecule has 0 saturated carbocycles. The number of carbonyl (C=O) groups excluding carboxylic acids is 2. The normalized spacial score (nSPS) is 16.7. The van der Waals surface area contributed by atoms with E-state index in [-0.39, 0.29) is 30.2 Å². The number of halogens is 3. The number of fused-ring (bicyclic) bond motifs is 1. The second kappa shape index (κ2) is 13.2. The van der Waals surface area contributed by atoms with Crippen molar-refractivity contribution in [1.82, 2.24) is 0 Å². The third-order valence-corrected chi connectivity index (χ3v) is 6.97. The molecule has 1 aliphatic rings. The first-order valence-corrected chi connectivity index (χ1v) is 13.3. The fraction of sp³-hybridized carbons (Fsp3) is 0.355. The van der Waals surface area contributed by atoms with E-state index in [1.54, 1.807) is 43.3 Å². The van der Waals surface area contributed by atoms with Crippen molar-refractivity contribution in [2.45, 2.75) is 38.3 Å². The van der Waals surface area contributed by atoms with Gasteiger partial charge in [0.1, 0.15) is 23.7 Å². The maximum atomic E-state index is 14.2. The lowest BCUT2D eigenvalue weighted by Gasteiger charge is -2.26. The molecule has 3 aromatic rings. The van der Waals surface area contributed by atoms with Gasteiger partial charge < -0.3 is 33.3 Å². The first-order chi connectivity index (χ1) is 20.6. The number of alkyl halides is 3. The second-order valence-electron chi connectivity index (χ2n) is 9.47. The minimum absolute atomic E-state index is 0.0357. The van der Waals surface area contributed by atoms with Crippen LogP contribution in [0.25, 0.3) is 0 Å². The van der Waals surface area contributed by atoms with Gasteiger partial charge in [-0.3, -0.25) is 9.59 Å². The number of anilines is 1. The van der Waals surface area contributed by atoms with E-state index in [0.717, 1.165) is 12.1 Å². The first kappa shape index (κ1) is 31.5. The third kappa shape index (κ3) is 6.64. The highest BCUT2D eigenvalue weighted by atomic mass is 19.4. The smallest absolute Gasteiger partial charge is 0.416 e. The molecule has 43 heavy (non-hydrogen) atoms. The summed E-state index contributed by atoms with van der Waals surface area (Å²) in [5, 5.41) is 0. The molecular formula is C31H32F3NO8. The van der Waals surface area contributed by atoms with Crippen LogP contribution in [0.2, 0.25) is 0 Å². The molecule has 0 fully saturated rings. The van der Waals surface area contributed by atoms with E-state index in [0.29, 0.717) is 28.4 Å². The minimum atomic E-state index is -4.69. The van der Waals surface area contributed by atoms with Crippen LogP contribution in [0.3, 0.4) is 0 Å². The van der Waals surface area contributed by atoms with Crippen molar-refractivity contribution in [1.29, 1.82) is 0 Å². The SMILES string of the molecule is CCOC(=O)CC1OC(c2cccc(OC)c2OC)c2cc(C(F)(F)F)ccc2N(Cc2ccc(OC)cc2OC)C1=O. The molecule has 0 saturated heterocycles. The zero-order valence-electron chi connectivity index (χ0n) is 24.3. The molecule has 9 nitrogen and oxygen atoms in total. The highest BCUT2D eigenvalue weighted by Crippen LogP contribution is 2.46. The van der Waals surface area contributed by atoms with Crippen LogP contribution in [0.15, 0.2) is 54.6 Å². The van der Waals surface area contributed by atoms with Crippen LogP contribution in [0, 0.1) is 0 Å². The van der Waals surface area contributed by atoms with Crippen molar-refractivity contribution in [3.05, 3.63) is 76.9 Å². The Morgan fingerprint density at radius 3 is 2.28 bits per heavy atom. The molecule has 230 valence electrons. The number of amides is 1. The highest BCUT2D eigenvalue weighted by Gasteiger charge is 2.41. The number of hydrogen-bond donors (Lipinski definition) is 0. The molecule has 1 amide bonds. The summed E-state index contributed by atoms with van der Waals surface area (Å²) >= 11 is 0. The maximum absolute atomic E-state index is 14.2. The molecule has 3 aromatic carbocycles. The standard InChI is InChI=1S/C31H32F3NO8/c1-6-42-27(36)16-26-30(37)35(17-18-10-12-20(38-2)15-25(18)40-4)23-13-11-19(31(32,33)34)14-22(23)28(43-26)21-8-7-9-24(39-3)29(21)41-5/h7-15,26,28H,6,16-17H2,1-5H3. The number of rotatable bonds is 10. The molecule has 0 aliphatic carbocycles. The van der Waals surface area contributed by atoms with Gasteiger partial charge in [0.25, 0.3) is 5.91 Å². The predicted molar refractivity (Wildman–Crippen MR) is 150 cm³/mol. The lowest BCUT2D eigenvalue weighted by molar-refractivity contribution is -0.151. The van der Waals surface area contributed by atoms with E-state index < -0.39 is 42.2 Å². The molecule has 0 radical (unpaired) electrons. The maximum Gasteiger partial charge on any atom is 0.416 e.